The van der Waals surface area contributed by atoms with Crippen LogP contribution in [0.5, 0.6) is 0 Å². The zero-order valence-corrected chi connectivity index (χ0v) is 15.0. The molecule has 128 valence electrons. The molecule has 5 nitrogen and oxygen atoms in total. The fourth-order valence-electron chi connectivity index (χ4n) is 2.39. The Hall–Kier alpha value is -2.60. The van der Waals surface area contributed by atoms with Crippen LogP contribution in [0.1, 0.15) is 32.9 Å². The fraction of sp³-hybridized carbons (Fsp3) is 0.211. The summed E-state index contributed by atoms with van der Waals surface area (Å²) in [5.41, 5.74) is 3.66. The number of pyridine rings is 1. The normalized spacial score (nSPS) is 10.6. The molecule has 1 N–H and O–H groups in total. The average Bonchev–Trinajstić information content (AvgIpc) is 3.04. The van der Waals surface area contributed by atoms with Crippen LogP contribution in [0, 0.1) is 13.8 Å². The molecule has 0 bridgehead atoms. The van der Waals surface area contributed by atoms with E-state index in [4.69, 9.17) is 4.52 Å². The van der Waals surface area contributed by atoms with Crippen molar-refractivity contribution < 1.29 is 9.32 Å². The Balaban J connectivity index is 1.67. The highest BCUT2D eigenvalue weighted by atomic mass is 32.2. The summed E-state index contributed by atoms with van der Waals surface area (Å²) in [6.45, 7) is 4.38. The molecular weight excluding hydrogens is 334 g/mol. The topological polar surface area (TPSA) is 68.0 Å². The molecule has 0 saturated carbocycles. The van der Waals surface area contributed by atoms with Crippen LogP contribution in [0.3, 0.4) is 0 Å². The molecule has 0 fully saturated rings. The van der Waals surface area contributed by atoms with E-state index in [9.17, 15) is 4.79 Å². The van der Waals surface area contributed by atoms with Gasteiger partial charge in [0.15, 0.2) is 0 Å². The number of thioether (sulfide) groups is 1. The van der Waals surface area contributed by atoms with Gasteiger partial charge in [-0.05, 0) is 37.1 Å². The van der Waals surface area contributed by atoms with E-state index in [0.29, 0.717) is 22.9 Å². The average molecular weight is 353 g/mol. The first kappa shape index (κ1) is 17.2. The van der Waals surface area contributed by atoms with Gasteiger partial charge >= 0.3 is 0 Å². The third kappa shape index (κ3) is 4.48. The number of amides is 1. The summed E-state index contributed by atoms with van der Waals surface area (Å²) in [7, 11) is 0. The van der Waals surface area contributed by atoms with Crippen molar-refractivity contribution >= 4 is 17.7 Å². The second kappa shape index (κ2) is 7.98. The summed E-state index contributed by atoms with van der Waals surface area (Å²) in [6.07, 6.45) is 1.69. The molecule has 3 aromatic rings. The minimum atomic E-state index is -0.129. The van der Waals surface area contributed by atoms with Crippen LogP contribution in [0.15, 0.2) is 58.2 Å². The molecule has 0 saturated heterocycles. The van der Waals surface area contributed by atoms with Gasteiger partial charge in [-0.15, -0.1) is 0 Å². The zero-order valence-electron chi connectivity index (χ0n) is 14.2. The second-order valence-corrected chi connectivity index (χ2v) is 6.65. The summed E-state index contributed by atoms with van der Waals surface area (Å²) in [5.74, 6) is 1.25. The maximum Gasteiger partial charge on any atom is 0.254 e. The first-order valence-electron chi connectivity index (χ1n) is 7.96. The van der Waals surface area contributed by atoms with Gasteiger partial charge in [0, 0.05) is 24.6 Å². The number of carbonyl (C=O) groups is 1. The summed E-state index contributed by atoms with van der Waals surface area (Å²) >= 11 is 1.47. The lowest BCUT2D eigenvalue weighted by atomic mass is 10.1. The Morgan fingerprint density at radius 1 is 1.20 bits per heavy atom. The van der Waals surface area contributed by atoms with Crippen molar-refractivity contribution in [1.29, 1.82) is 0 Å². The molecule has 0 atom stereocenters. The number of hydrogen-bond acceptors (Lipinski definition) is 5. The van der Waals surface area contributed by atoms with E-state index in [-0.39, 0.29) is 5.91 Å². The molecular formula is C19H19N3O2S. The smallest absolute Gasteiger partial charge is 0.254 e. The maximum absolute atomic E-state index is 12.6. The largest absolute Gasteiger partial charge is 0.361 e. The Morgan fingerprint density at radius 3 is 2.80 bits per heavy atom. The van der Waals surface area contributed by atoms with Crippen molar-refractivity contribution in [1.82, 2.24) is 15.5 Å². The van der Waals surface area contributed by atoms with Gasteiger partial charge in [-0.2, -0.15) is 0 Å². The molecule has 0 spiro atoms. The summed E-state index contributed by atoms with van der Waals surface area (Å²) in [6, 6.07) is 13.5. The molecule has 2 aromatic heterocycles. The number of hydrogen-bond donors (Lipinski definition) is 1. The van der Waals surface area contributed by atoms with Crippen LogP contribution in [0.4, 0.5) is 0 Å². The number of aromatic nitrogens is 2. The van der Waals surface area contributed by atoms with Crippen molar-refractivity contribution in [2.75, 3.05) is 0 Å². The number of rotatable bonds is 6. The van der Waals surface area contributed by atoms with E-state index in [1.54, 1.807) is 18.3 Å². The quantitative estimate of drug-likeness (QED) is 0.681. The molecule has 6 heteroatoms. The third-order valence-electron chi connectivity index (χ3n) is 3.75. The van der Waals surface area contributed by atoms with Gasteiger partial charge in [-0.3, -0.25) is 4.79 Å². The lowest BCUT2D eigenvalue weighted by Crippen LogP contribution is -2.24. The van der Waals surface area contributed by atoms with Crippen LogP contribution in [0.25, 0.3) is 0 Å². The van der Waals surface area contributed by atoms with Crippen molar-refractivity contribution in [2.24, 2.45) is 0 Å². The summed E-state index contributed by atoms with van der Waals surface area (Å²) in [4.78, 5) is 16.9. The van der Waals surface area contributed by atoms with Gasteiger partial charge in [0.25, 0.3) is 5.91 Å². The van der Waals surface area contributed by atoms with Crippen molar-refractivity contribution in [3.63, 3.8) is 0 Å². The van der Waals surface area contributed by atoms with Gasteiger partial charge in [0.1, 0.15) is 10.8 Å². The molecule has 1 aromatic carbocycles. The predicted octanol–water partition coefficient (Wildman–Crippen LogP) is 3.91. The molecule has 3 rings (SSSR count). The SMILES string of the molecule is Cc1cc(CSc2ncccc2C(=O)NCc2ccccc2C)no1. The summed E-state index contributed by atoms with van der Waals surface area (Å²) < 4.78 is 5.07. The highest BCUT2D eigenvalue weighted by molar-refractivity contribution is 7.98. The Kier molecular flexibility index (Phi) is 5.50. The van der Waals surface area contributed by atoms with Crippen LogP contribution in [-0.2, 0) is 12.3 Å². The van der Waals surface area contributed by atoms with Gasteiger partial charge in [-0.25, -0.2) is 4.98 Å². The fourth-order valence-corrected chi connectivity index (χ4v) is 3.26. The number of nitrogens with zero attached hydrogens (tertiary/aromatic N) is 2. The van der Waals surface area contributed by atoms with E-state index in [1.165, 1.54) is 11.8 Å². The van der Waals surface area contributed by atoms with E-state index >= 15 is 0 Å². The maximum atomic E-state index is 12.6. The second-order valence-electron chi connectivity index (χ2n) is 5.68. The predicted molar refractivity (Wildman–Crippen MR) is 97.4 cm³/mol. The van der Waals surface area contributed by atoms with Crippen molar-refractivity contribution in [3.8, 4) is 0 Å². The highest BCUT2D eigenvalue weighted by Gasteiger charge is 2.13. The zero-order chi connectivity index (χ0) is 17.6. The monoisotopic (exact) mass is 353 g/mol. The van der Waals surface area contributed by atoms with Gasteiger partial charge in [0.05, 0.1) is 11.3 Å². The van der Waals surface area contributed by atoms with E-state index in [2.05, 4.69) is 15.5 Å². The lowest BCUT2D eigenvalue weighted by Gasteiger charge is -2.10. The third-order valence-corrected chi connectivity index (χ3v) is 4.79. The van der Waals surface area contributed by atoms with E-state index in [0.717, 1.165) is 22.6 Å². The molecule has 0 radical (unpaired) electrons. The molecule has 0 aliphatic heterocycles. The van der Waals surface area contributed by atoms with Crippen LogP contribution in [0.2, 0.25) is 0 Å². The molecule has 25 heavy (non-hydrogen) atoms. The first-order valence-corrected chi connectivity index (χ1v) is 8.95. The van der Waals surface area contributed by atoms with Crippen LogP contribution >= 0.6 is 11.8 Å². The van der Waals surface area contributed by atoms with Crippen LogP contribution in [-0.4, -0.2) is 16.0 Å². The number of benzene rings is 1. The minimum absolute atomic E-state index is 0.129. The Labute approximate surface area is 150 Å². The Morgan fingerprint density at radius 2 is 2.04 bits per heavy atom. The molecule has 0 aliphatic carbocycles. The molecule has 1 amide bonds. The molecule has 0 unspecified atom stereocenters. The lowest BCUT2D eigenvalue weighted by molar-refractivity contribution is 0.0947. The number of aryl methyl sites for hydroxylation is 2. The van der Waals surface area contributed by atoms with Crippen molar-refractivity contribution in [2.45, 2.75) is 31.2 Å². The standard InChI is InChI=1S/C19H19N3O2S/c1-13-6-3-4-7-15(13)11-21-18(23)17-8-5-9-20-19(17)25-12-16-10-14(2)24-22-16/h3-10H,11-12H2,1-2H3,(H,21,23). The number of nitrogens with one attached hydrogen (secondary N) is 1. The number of carbonyl (C=O) groups excluding carboxylic acids is 1. The van der Waals surface area contributed by atoms with Gasteiger partial charge in [-0.1, -0.05) is 41.2 Å². The molecule has 2 heterocycles. The van der Waals surface area contributed by atoms with E-state index in [1.807, 2.05) is 44.2 Å². The minimum Gasteiger partial charge on any atom is -0.361 e. The summed E-state index contributed by atoms with van der Waals surface area (Å²) in [5, 5.41) is 7.62. The van der Waals surface area contributed by atoms with E-state index < -0.39 is 0 Å². The van der Waals surface area contributed by atoms with Gasteiger partial charge in [0.2, 0.25) is 0 Å². The van der Waals surface area contributed by atoms with Crippen molar-refractivity contribution in [3.05, 3.63) is 76.8 Å². The Bertz CT molecular complexity index is 876. The highest BCUT2D eigenvalue weighted by Crippen LogP contribution is 2.24. The molecule has 0 aliphatic rings. The first-order chi connectivity index (χ1) is 12.1. The van der Waals surface area contributed by atoms with Gasteiger partial charge < -0.3 is 9.84 Å². The van der Waals surface area contributed by atoms with Crippen LogP contribution < -0.4 is 5.32 Å².